The van der Waals surface area contributed by atoms with Gasteiger partial charge in [-0.3, -0.25) is 14.5 Å². The maximum absolute atomic E-state index is 11.7. The van der Waals surface area contributed by atoms with E-state index in [4.69, 9.17) is 0 Å². The highest BCUT2D eigenvalue weighted by atomic mass is 16.1. The zero-order valence-electron chi connectivity index (χ0n) is 11.4. The Kier molecular flexibility index (Phi) is 4.38. The van der Waals surface area contributed by atoms with E-state index < -0.39 is 0 Å². The van der Waals surface area contributed by atoms with Crippen molar-refractivity contribution in [2.24, 2.45) is 5.92 Å². The van der Waals surface area contributed by atoms with E-state index in [1.807, 2.05) is 0 Å². The van der Waals surface area contributed by atoms with E-state index in [1.54, 1.807) is 0 Å². The van der Waals surface area contributed by atoms with Crippen molar-refractivity contribution in [2.75, 3.05) is 13.1 Å². The highest BCUT2D eigenvalue weighted by molar-refractivity contribution is 5.81. The summed E-state index contributed by atoms with van der Waals surface area (Å²) in [6.45, 7) is 5.75. The van der Waals surface area contributed by atoms with Crippen LogP contribution in [0.15, 0.2) is 0 Å². The van der Waals surface area contributed by atoms with Gasteiger partial charge in [0.1, 0.15) is 5.78 Å². The Morgan fingerprint density at radius 2 is 1.94 bits per heavy atom. The third-order valence-corrected chi connectivity index (χ3v) is 4.00. The van der Waals surface area contributed by atoms with Gasteiger partial charge in [-0.1, -0.05) is 13.8 Å². The zero-order chi connectivity index (χ0) is 13.1. The fraction of sp³-hybridized carbons (Fsp3) is 0.857. The standard InChI is InChI=1S/C14H24N2O2/c1-10(2)9-15-14(18)5-6-16-11-3-4-12(16)8-13(17)7-11/h10-12H,3-9H2,1-2H3,(H,15,18). The SMILES string of the molecule is CC(C)CNC(=O)CCN1C2CCC1CC(=O)C2. The highest BCUT2D eigenvalue weighted by Gasteiger charge is 2.39. The van der Waals surface area contributed by atoms with Crippen LogP contribution in [0.25, 0.3) is 0 Å². The van der Waals surface area contributed by atoms with Crippen LogP contribution in [0.2, 0.25) is 0 Å². The Hall–Kier alpha value is -0.900. The molecule has 0 radical (unpaired) electrons. The van der Waals surface area contributed by atoms with E-state index in [0.29, 0.717) is 43.0 Å². The lowest BCUT2D eigenvalue weighted by Crippen LogP contribution is -2.44. The summed E-state index contributed by atoms with van der Waals surface area (Å²) in [5, 5.41) is 2.95. The highest BCUT2D eigenvalue weighted by Crippen LogP contribution is 2.33. The minimum absolute atomic E-state index is 0.139. The topological polar surface area (TPSA) is 49.4 Å². The fourth-order valence-electron chi connectivity index (χ4n) is 3.06. The van der Waals surface area contributed by atoms with Crippen LogP contribution in [0.1, 0.15) is 46.0 Å². The first kappa shape index (κ1) is 13.5. The van der Waals surface area contributed by atoms with Crippen molar-refractivity contribution < 1.29 is 9.59 Å². The monoisotopic (exact) mass is 252 g/mol. The molecule has 4 heteroatoms. The van der Waals surface area contributed by atoms with Crippen LogP contribution in [-0.2, 0) is 9.59 Å². The molecule has 2 aliphatic rings. The number of Topliss-reactive ketones (excluding diaryl/α,β-unsaturated/α-hetero) is 1. The van der Waals surface area contributed by atoms with Crippen molar-refractivity contribution in [3.05, 3.63) is 0 Å². The Morgan fingerprint density at radius 1 is 1.33 bits per heavy atom. The molecule has 0 spiro atoms. The number of hydrogen-bond donors (Lipinski definition) is 1. The largest absolute Gasteiger partial charge is 0.356 e. The predicted molar refractivity (Wildman–Crippen MR) is 70.2 cm³/mol. The van der Waals surface area contributed by atoms with Crippen molar-refractivity contribution in [1.82, 2.24) is 10.2 Å². The van der Waals surface area contributed by atoms with E-state index in [9.17, 15) is 9.59 Å². The van der Waals surface area contributed by atoms with E-state index >= 15 is 0 Å². The van der Waals surface area contributed by atoms with Gasteiger partial charge >= 0.3 is 0 Å². The summed E-state index contributed by atoms with van der Waals surface area (Å²) in [4.78, 5) is 25.5. The first-order chi connectivity index (χ1) is 8.56. The van der Waals surface area contributed by atoms with Crippen LogP contribution in [0.5, 0.6) is 0 Å². The maximum atomic E-state index is 11.7. The number of rotatable bonds is 5. The van der Waals surface area contributed by atoms with Crippen molar-refractivity contribution in [3.8, 4) is 0 Å². The molecule has 2 aliphatic heterocycles. The summed E-state index contributed by atoms with van der Waals surface area (Å²) in [5.74, 6) is 1.04. The molecule has 4 nitrogen and oxygen atoms in total. The van der Waals surface area contributed by atoms with Gasteiger partial charge in [-0.05, 0) is 18.8 Å². The number of nitrogens with one attached hydrogen (secondary N) is 1. The molecule has 18 heavy (non-hydrogen) atoms. The minimum atomic E-state index is 0.139. The van der Waals surface area contributed by atoms with Crippen molar-refractivity contribution in [3.63, 3.8) is 0 Å². The summed E-state index contributed by atoms with van der Waals surface area (Å²) in [5.41, 5.74) is 0. The van der Waals surface area contributed by atoms with Crippen LogP contribution >= 0.6 is 0 Å². The number of nitrogens with zero attached hydrogens (tertiary/aromatic N) is 1. The van der Waals surface area contributed by atoms with Crippen LogP contribution in [0.3, 0.4) is 0 Å². The van der Waals surface area contributed by atoms with Gasteiger partial charge in [-0.2, -0.15) is 0 Å². The second-order valence-corrected chi connectivity index (χ2v) is 6.02. The Balaban J connectivity index is 1.74. The molecule has 0 aromatic carbocycles. The van der Waals surface area contributed by atoms with Gasteiger partial charge in [-0.15, -0.1) is 0 Å². The van der Waals surface area contributed by atoms with Gasteiger partial charge in [0.2, 0.25) is 5.91 Å². The van der Waals surface area contributed by atoms with Crippen LogP contribution < -0.4 is 5.32 Å². The number of carbonyl (C=O) groups is 2. The number of hydrogen-bond acceptors (Lipinski definition) is 3. The molecule has 2 atom stereocenters. The van der Waals surface area contributed by atoms with Crippen LogP contribution in [-0.4, -0.2) is 41.8 Å². The average Bonchev–Trinajstić information content (AvgIpc) is 2.54. The van der Waals surface area contributed by atoms with Crippen molar-refractivity contribution in [2.45, 2.75) is 58.0 Å². The van der Waals surface area contributed by atoms with Crippen LogP contribution in [0, 0.1) is 5.92 Å². The molecule has 0 aliphatic carbocycles. The van der Waals surface area contributed by atoms with Gasteiger partial charge in [0.05, 0.1) is 0 Å². The van der Waals surface area contributed by atoms with Crippen LogP contribution in [0.4, 0.5) is 0 Å². The molecule has 0 aromatic rings. The Labute approximate surface area is 109 Å². The fourth-order valence-corrected chi connectivity index (χ4v) is 3.06. The Morgan fingerprint density at radius 3 is 2.50 bits per heavy atom. The zero-order valence-corrected chi connectivity index (χ0v) is 11.4. The molecule has 0 aromatic heterocycles. The van der Waals surface area contributed by atoms with E-state index in [1.165, 1.54) is 0 Å². The lowest BCUT2D eigenvalue weighted by molar-refractivity contribution is -0.124. The number of piperidine rings is 1. The minimum Gasteiger partial charge on any atom is -0.356 e. The molecule has 2 bridgehead atoms. The number of fused-ring (bicyclic) bond motifs is 2. The molecular weight excluding hydrogens is 228 g/mol. The second kappa shape index (κ2) is 5.83. The molecule has 2 fully saturated rings. The van der Waals surface area contributed by atoms with Gasteiger partial charge in [-0.25, -0.2) is 0 Å². The first-order valence-electron chi connectivity index (χ1n) is 7.10. The maximum Gasteiger partial charge on any atom is 0.221 e. The lowest BCUT2D eigenvalue weighted by atomic mass is 10.0. The van der Waals surface area contributed by atoms with Gasteiger partial charge in [0, 0.05) is 44.4 Å². The van der Waals surface area contributed by atoms with Crippen molar-refractivity contribution in [1.29, 1.82) is 0 Å². The summed E-state index contributed by atoms with van der Waals surface area (Å²) in [6, 6.07) is 0.822. The summed E-state index contributed by atoms with van der Waals surface area (Å²) >= 11 is 0. The van der Waals surface area contributed by atoms with Gasteiger partial charge < -0.3 is 5.32 Å². The molecule has 2 heterocycles. The van der Waals surface area contributed by atoms with Gasteiger partial charge in [0.25, 0.3) is 0 Å². The van der Waals surface area contributed by atoms with E-state index in [2.05, 4.69) is 24.1 Å². The summed E-state index contributed by atoms with van der Waals surface area (Å²) < 4.78 is 0. The molecule has 1 N–H and O–H groups in total. The number of carbonyl (C=O) groups excluding carboxylic acids is 2. The molecule has 2 rings (SSSR count). The van der Waals surface area contributed by atoms with E-state index in [-0.39, 0.29) is 5.91 Å². The second-order valence-electron chi connectivity index (χ2n) is 6.02. The smallest absolute Gasteiger partial charge is 0.221 e. The quantitative estimate of drug-likeness (QED) is 0.803. The number of ketones is 1. The molecule has 102 valence electrons. The van der Waals surface area contributed by atoms with E-state index in [0.717, 1.165) is 25.9 Å². The molecule has 2 unspecified atom stereocenters. The first-order valence-corrected chi connectivity index (χ1v) is 7.10. The molecule has 0 saturated carbocycles. The van der Waals surface area contributed by atoms with Gasteiger partial charge in [0.15, 0.2) is 0 Å². The summed E-state index contributed by atoms with van der Waals surface area (Å²) in [6.07, 6.45) is 4.22. The van der Waals surface area contributed by atoms with Crippen molar-refractivity contribution >= 4 is 11.7 Å². The Bertz CT molecular complexity index is 312. The third kappa shape index (κ3) is 3.31. The molecule has 1 amide bonds. The number of amides is 1. The lowest BCUT2D eigenvalue weighted by Gasteiger charge is -2.33. The normalized spacial score (nSPS) is 27.8. The molecular formula is C14H24N2O2. The predicted octanol–water partition coefficient (Wildman–Crippen LogP) is 1.34. The third-order valence-electron chi connectivity index (χ3n) is 4.00. The molecule has 2 saturated heterocycles. The average molecular weight is 252 g/mol. The summed E-state index contributed by atoms with van der Waals surface area (Å²) in [7, 11) is 0.